The SMILES string of the molecule is COc1ccc2sc(/C(C#N)=c3/c4c(-c5ccc(OCCCCC(=O)NSC(F)(F)C(F)(F)C(F)(F)C(F)(F)OC(F)(F)C(F)(F)C(F)(F)C(F)(F)F)cc5)n(B(c5ccccc5)c5ccccc5)/c(=C(\C#N)c5nc6cc(OC)ccc6s5)c4c(-c4ccc(OCCCCC(=O)NS(=O)(=O)C(F)(F)C(F)(F)C(F)(F)C(F)(F)OC(F)(F)C(F)(F)C(F)(F)C(F)(F)F)cc4)n3B(c3ccccc3)c3ccccc3)nc2c1. The Labute approximate surface area is 810 Å². The molecule has 0 unspecified atom stereocenters. The molecule has 0 radical (unpaired) electrons. The molecule has 0 aliphatic heterocycles. The van der Waals surface area contributed by atoms with E-state index in [4.69, 9.17) is 28.9 Å². The van der Waals surface area contributed by atoms with Crippen molar-refractivity contribution in [1.82, 2.24) is 28.4 Å². The first-order chi connectivity index (χ1) is 67.7. The van der Waals surface area contributed by atoms with Crippen LogP contribution in [0.4, 0.5) is 149 Å². The molecule has 0 spiro atoms. The van der Waals surface area contributed by atoms with Gasteiger partial charge in [0.2, 0.25) is 11.8 Å². The maximum atomic E-state index is 15.1. The number of hydrogen-bond acceptors (Lipinski definition) is 17. The molecular weight excluding hydrogens is 2120 g/mol. The summed E-state index contributed by atoms with van der Waals surface area (Å²) in [7, 11) is -5.16. The third kappa shape index (κ3) is 20.5. The van der Waals surface area contributed by atoms with E-state index in [0.717, 1.165) is 27.4 Å². The van der Waals surface area contributed by atoms with Crippen LogP contribution in [0.1, 0.15) is 48.5 Å². The molecule has 12 rings (SSSR count). The van der Waals surface area contributed by atoms with E-state index >= 15 is 8.78 Å². The maximum Gasteiger partial charge on any atom is 0.460 e. The van der Waals surface area contributed by atoms with Gasteiger partial charge in [0, 0.05) is 59.1 Å². The topological polar surface area (TPSA) is 231 Å². The minimum Gasteiger partial charge on any atom is -0.497 e. The van der Waals surface area contributed by atoms with Gasteiger partial charge in [-0.15, -0.1) is 22.7 Å². The van der Waals surface area contributed by atoms with Gasteiger partial charge in [0.15, 0.2) is 0 Å². The first kappa shape index (κ1) is 112. The van der Waals surface area contributed by atoms with Crippen molar-refractivity contribution in [2.75, 3.05) is 27.4 Å². The molecule has 146 heavy (non-hydrogen) atoms. The molecule has 4 aromatic heterocycles. The van der Waals surface area contributed by atoms with Gasteiger partial charge in [0.05, 0.1) is 58.6 Å². The lowest BCUT2D eigenvalue weighted by Crippen LogP contribution is -2.69. The predicted octanol–water partition coefficient (Wildman–Crippen LogP) is 20.9. The van der Waals surface area contributed by atoms with Crippen molar-refractivity contribution in [2.24, 2.45) is 0 Å². The van der Waals surface area contributed by atoms with E-state index in [1.807, 2.05) is 8.96 Å². The zero-order chi connectivity index (χ0) is 108. The Morgan fingerprint density at radius 3 is 1.00 bits per heavy atom. The number of sulfonamides is 1. The molecule has 0 fully saturated rings. The summed E-state index contributed by atoms with van der Waals surface area (Å²) in [5.74, 6) is -70.0. The average molecular weight is 2180 g/mol. The van der Waals surface area contributed by atoms with Crippen LogP contribution in [-0.4, -0.2) is 175 Å². The number of benzene rings is 8. The monoisotopic (exact) mass is 2180 g/mol. The van der Waals surface area contributed by atoms with E-state index in [9.17, 15) is 169 Å². The van der Waals surface area contributed by atoms with Crippen molar-refractivity contribution >= 4 is 134 Å². The number of nitrogens with zero attached hydrogens (tertiary/aromatic N) is 6. The molecular formula is C88H58B2F34N8O10S4. The van der Waals surface area contributed by atoms with Crippen LogP contribution in [0.15, 0.2) is 206 Å². The maximum absolute atomic E-state index is 15.1. The van der Waals surface area contributed by atoms with Gasteiger partial charge < -0.3 is 27.9 Å². The fraction of sp³-hybridized carbons (Fsp3) is 0.295. The number of fused-ring (bicyclic) bond motifs is 3. The minimum atomic E-state index is -8.62. The first-order valence-electron chi connectivity index (χ1n) is 41.0. The molecule has 2 N–H and O–H groups in total. The summed E-state index contributed by atoms with van der Waals surface area (Å²) >= 11 is -0.0245. The fourth-order valence-corrected chi connectivity index (χ4v) is 17.9. The second-order valence-electron chi connectivity index (χ2n) is 31.2. The van der Waals surface area contributed by atoms with Gasteiger partial charge in [-0.05, 0) is 110 Å². The highest BCUT2D eigenvalue weighted by Crippen LogP contribution is 2.63. The number of thiazole rings is 2. The quantitative estimate of drug-likeness (QED) is 0.0157. The Morgan fingerprint density at radius 2 is 0.692 bits per heavy atom. The lowest BCUT2D eigenvalue weighted by molar-refractivity contribution is -0.517. The van der Waals surface area contributed by atoms with E-state index in [1.54, 1.807) is 158 Å². The molecule has 0 saturated carbocycles. The number of aromatic nitrogens is 4. The summed E-state index contributed by atoms with van der Waals surface area (Å²) in [6.45, 7) is -3.40. The van der Waals surface area contributed by atoms with Crippen molar-refractivity contribution in [2.45, 2.75) is 133 Å². The summed E-state index contributed by atoms with van der Waals surface area (Å²) in [4.78, 5) is 35.8. The Kier molecular flexibility index (Phi) is 31.3. The number of rotatable bonds is 42. The van der Waals surface area contributed by atoms with Crippen molar-refractivity contribution in [1.29, 1.82) is 10.5 Å². The molecule has 58 heteroatoms. The van der Waals surface area contributed by atoms with Gasteiger partial charge in [-0.3, -0.25) is 14.3 Å². The number of nitrogens with one attached hydrogen (secondary N) is 2. The molecule has 0 aliphatic carbocycles. The molecule has 0 bridgehead atoms. The number of halogens is 34. The number of nitriles is 2. The van der Waals surface area contributed by atoms with Gasteiger partial charge in [-0.25, -0.2) is 24.2 Å². The fourth-order valence-electron chi connectivity index (χ4n) is 14.5. The third-order valence-electron chi connectivity index (χ3n) is 21.7. The summed E-state index contributed by atoms with van der Waals surface area (Å²) in [6.07, 6.45) is -53.6. The summed E-state index contributed by atoms with van der Waals surface area (Å²) in [5.41, 5.74) is 2.85. The van der Waals surface area contributed by atoms with Gasteiger partial charge >= 0.3 is 118 Å². The summed E-state index contributed by atoms with van der Waals surface area (Å²) in [5, 5.41) is 10.7. The number of methoxy groups -OCH3 is 2. The van der Waals surface area contributed by atoms with Crippen molar-refractivity contribution in [3.05, 3.63) is 227 Å². The molecule has 4 heterocycles. The molecule has 18 nitrogen and oxygen atoms in total. The second-order valence-corrected chi connectivity index (χ2v) is 35.9. The number of unbranched alkanes of at least 4 members (excludes halogenated alkanes) is 2. The van der Waals surface area contributed by atoms with E-state index < -0.39 is 187 Å². The number of carbonyl (C=O) groups excluding carboxylic acids is 2. The van der Waals surface area contributed by atoms with Crippen LogP contribution in [-0.2, 0) is 29.1 Å². The normalized spacial score (nSPS) is 14.0. The number of carbonyl (C=O) groups is 2. The Balaban J connectivity index is 0.972. The van der Waals surface area contributed by atoms with E-state index in [-0.39, 0.29) is 87.8 Å². The van der Waals surface area contributed by atoms with Crippen LogP contribution in [0, 0.1) is 22.7 Å². The molecule has 0 aliphatic rings. The van der Waals surface area contributed by atoms with Gasteiger partial charge in [-0.1, -0.05) is 143 Å². The van der Waals surface area contributed by atoms with E-state index in [1.165, 1.54) is 72.2 Å². The Bertz CT molecular complexity index is 6960. The van der Waals surface area contributed by atoms with Crippen molar-refractivity contribution in [3.8, 4) is 57.7 Å². The van der Waals surface area contributed by atoms with Gasteiger partial charge in [-0.2, -0.15) is 168 Å². The van der Waals surface area contributed by atoms with Crippen LogP contribution in [0.2, 0.25) is 0 Å². The van der Waals surface area contributed by atoms with Crippen LogP contribution < -0.4 is 60.9 Å². The van der Waals surface area contributed by atoms with Gasteiger partial charge in [0.1, 0.15) is 56.3 Å². The van der Waals surface area contributed by atoms with Gasteiger partial charge in [0.25, 0.3) is 0 Å². The highest BCUT2D eigenvalue weighted by atomic mass is 32.2. The van der Waals surface area contributed by atoms with Crippen LogP contribution in [0.3, 0.4) is 0 Å². The zero-order valence-electron chi connectivity index (χ0n) is 72.7. The molecule has 2 amide bonds. The van der Waals surface area contributed by atoms with Crippen molar-refractivity contribution in [3.63, 3.8) is 0 Å². The standard InChI is InChI=1S/C88H58B2F34N8O10S4/c1-137-55-37-39-61-59(43-55)127-71(143-61)57(45-125)69-65-66(68(132(69)90(51-23-11-5-12-24-51)52-25-13-6-14-26-52)48-31-35-54(36-32-48)140-42-18-16-28-64(134)130-146(135,136)88(123,124)80(105,106)78(101,102)86(119,120)142-84(115,116)76(97,98)74(93,94)82(110,111)112)70(58(46-126)72-128-60-44-56(138-2)38-40-62(60)144-72)131(89(49-19-7-3-8-20-49)50-21-9-4-10-22-50)67(65)47-29-33-53(34-30-47)139-41-17-15-27-63(133)129-145-87(121,122)79(103,104)77(99,100)85(117,118)141-83(113,114)75(95,96)73(91,92)81(107,108)109/h3-14,19-26,29-40,43-44H,15-18,27-28,41-42H2,1-2H3,(H,129,133)(H,130,134)/b69-57-,70-58+. The number of alkyl halides is 34. The largest absolute Gasteiger partial charge is 0.497 e. The van der Waals surface area contributed by atoms with Crippen LogP contribution in [0.25, 0.3) is 64.9 Å². The molecule has 778 valence electrons. The highest BCUT2D eigenvalue weighted by Gasteiger charge is 2.91. The lowest BCUT2D eigenvalue weighted by Gasteiger charge is -2.39. The third-order valence-corrected chi connectivity index (χ3v) is 26.1. The summed E-state index contributed by atoms with van der Waals surface area (Å²) < 4.78 is 532. The van der Waals surface area contributed by atoms with E-state index in [2.05, 4.69) is 12.1 Å². The average Bonchev–Trinajstić information content (AvgIpc) is 1.52. The molecule has 12 aromatic rings. The van der Waals surface area contributed by atoms with E-state index in [0.29, 0.717) is 53.8 Å². The molecule has 0 atom stereocenters. The Morgan fingerprint density at radius 1 is 0.390 bits per heavy atom. The first-order valence-corrected chi connectivity index (χ1v) is 44.9. The molecule has 0 saturated heterocycles. The smallest absolute Gasteiger partial charge is 0.460 e. The number of amides is 2. The van der Waals surface area contributed by atoms with Crippen molar-refractivity contribution < 1.29 is 196 Å². The molecule has 8 aromatic carbocycles. The minimum absolute atomic E-state index is 0.0331. The number of hydrogen-bond donors (Lipinski definition) is 2. The lowest BCUT2D eigenvalue weighted by atomic mass is 9.50. The zero-order valence-corrected chi connectivity index (χ0v) is 76.0. The second kappa shape index (κ2) is 40.8. The van der Waals surface area contributed by atoms with Crippen LogP contribution >= 0.6 is 34.6 Å². The Hall–Kier alpha value is -12.8. The highest BCUT2D eigenvalue weighted by molar-refractivity contribution is 7.99. The van der Waals surface area contributed by atoms with Crippen LogP contribution in [0.5, 0.6) is 23.0 Å². The predicted molar refractivity (Wildman–Crippen MR) is 460 cm³/mol. The number of ether oxygens (including phenoxy) is 6. The summed E-state index contributed by atoms with van der Waals surface area (Å²) in [6, 6.07) is 60.4.